The highest BCUT2D eigenvalue weighted by Crippen LogP contribution is 2.37. The predicted octanol–water partition coefficient (Wildman–Crippen LogP) is 5.81. The molecule has 0 unspecified atom stereocenters. The number of carbonyl (C=O) groups is 2. The summed E-state index contributed by atoms with van der Waals surface area (Å²) in [5, 5.41) is 0.614. The molecule has 3 rings (SSSR count). The summed E-state index contributed by atoms with van der Waals surface area (Å²) in [4.78, 5) is 24.9. The largest absolute Gasteiger partial charge is 0.495 e. The van der Waals surface area contributed by atoms with Gasteiger partial charge in [0.15, 0.2) is 6.61 Å². The molecule has 0 atom stereocenters. The van der Waals surface area contributed by atoms with E-state index in [1.165, 1.54) is 56.7 Å². The van der Waals surface area contributed by atoms with Gasteiger partial charge in [0.25, 0.3) is 10.0 Å². The molecule has 0 saturated heterocycles. The molecule has 0 radical (unpaired) electrons. The average Bonchev–Trinajstić information content (AvgIpc) is 2.83. The van der Waals surface area contributed by atoms with Crippen LogP contribution in [0.15, 0.2) is 53.4 Å². The van der Waals surface area contributed by atoms with Gasteiger partial charge in [-0.05, 0) is 48.9 Å². The maximum absolute atomic E-state index is 13.1. The monoisotopic (exact) mass is 571 g/mol. The molecule has 190 valence electrons. The van der Waals surface area contributed by atoms with Crippen LogP contribution in [0.5, 0.6) is 11.5 Å². The van der Waals surface area contributed by atoms with Crippen molar-refractivity contribution in [2.24, 2.45) is 0 Å². The van der Waals surface area contributed by atoms with E-state index in [0.717, 1.165) is 6.07 Å². The van der Waals surface area contributed by atoms with Crippen molar-refractivity contribution in [2.75, 3.05) is 25.5 Å². The zero-order valence-corrected chi connectivity index (χ0v) is 22.3. The molecule has 12 heteroatoms. The fraction of sp³-hybridized carbons (Fsp3) is 0.167. The molecule has 0 bridgehead atoms. The van der Waals surface area contributed by atoms with Gasteiger partial charge in [-0.2, -0.15) is 0 Å². The molecule has 0 heterocycles. The molecule has 8 nitrogen and oxygen atoms in total. The molecular weight excluding hydrogens is 553 g/mol. The Morgan fingerprint density at radius 2 is 1.56 bits per heavy atom. The van der Waals surface area contributed by atoms with Crippen LogP contribution < -0.4 is 14.2 Å². The quantitative estimate of drug-likeness (QED) is 0.254. The number of aryl methyl sites for hydroxylation is 1. The average molecular weight is 573 g/mol. The van der Waals surface area contributed by atoms with E-state index >= 15 is 0 Å². The van der Waals surface area contributed by atoms with Crippen molar-refractivity contribution in [3.05, 3.63) is 80.3 Å². The van der Waals surface area contributed by atoms with Crippen LogP contribution in [0.2, 0.25) is 15.1 Å². The highest BCUT2D eigenvalue weighted by atomic mass is 35.5. The number of carbonyl (C=O) groups excluding carboxylic acids is 2. The van der Waals surface area contributed by atoms with Gasteiger partial charge < -0.3 is 14.2 Å². The minimum absolute atomic E-state index is 0.0393. The topological polar surface area (TPSA) is 108 Å². The van der Waals surface area contributed by atoms with E-state index in [2.05, 4.69) is 4.72 Å². The van der Waals surface area contributed by atoms with Gasteiger partial charge in [-0.3, -0.25) is 9.52 Å². The number of sulfonamides is 1. The summed E-state index contributed by atoms with van der Waals surface area (Å²) < 4.78 is 44.0. The zero-order chi connectivity index (χ0) is 26.6. The van der Waals surface area contributed by atoms with E-state index < -0.39 is 28.4 Å². The van der Waals surface area contributed by atoms with Gasteiger partial charge >= 0.3 is 5.97 Å². The first-order valence-corrected chi connectivity index (χ1v) is 12.8. The number of rotatable bonds is 9. The minimum Gasteiger partial charge on any atom is -0.495 e. The number of hydrogen-bond acceptors (Lipinski definition) is 7. The summed E-state index contributed by atoms with van der Waals surface area (Å²) in [6.07, 6.45) is 0. The molecule has 0 saturated carbocycles. The normalized spacial score (nSPS) is 11.1. The second-order valence-electron chi connectivity index (χ2n) is 7.39. The number of benzene rings is 3. The third-order valence-electron chi connectivity index (χ3n) is 5.02. The molecule has 0 aliphatic carbocycles. The van der Waals surface area contributed by atoms with Crippen LogP contribution in [-0.4, -0.2) is 41.0 Å². The SMILES string of the molecule is COc1cc(OC)c(NS(=O)(=O)c2ccc(C)c(C(=O)OCC(=O)c3cc(Cl)ccc3Cl)c2)cc1Cl. The van der Waals surface area contributed by atoms with Crippen LogP contribution >= 0.6 is 34.8 Å². The number of anilines is 1. The first kappa shape index (κ1) is 27.6. The number of esters is 1. The standard InChI is InChI=1S/C24H20Cl3NO7S/c1-13-4-6-15(36(31,32)28-20-10-19(27)22(33-2)11-23(20)34-3)9-16(13)24(30)35-12-21(29)17-8-14(25)5-7-18(17)26/h4-11,28H,12H2,1-3H3. The number of nitrogens with one attached hydrogen (secondary N) is 1. The van der Waals surface area contributed by atoms with E-state index in [1.807, 2.05) is 0 Å². The lowest BCUT2D eigenvalue weighted by Crippen LogP contribution is -2.17. The third kappa shape index (κ3) is 6.22. The van der Waals surface area contributed by atoms with Gasteiger partial charge in [0.05, 0.1) is 40.4 Å². The maximum atomic E-state index is 13.1. The Morgan fingerprint density at radius 3 is 2.22 bits per heavy atom. The lowest BCUT2D eigenvalue weighted by atomic mass is 10.1. The molecular formula is C24H20Cl3NO7S. The summed E-state index contributed by atoms with van der Waals surface area (Å²) in [6.45, 7) is 0.984. The second-order valence-corrected chi connectivity index (χ2v) is 10.3. The minimum atomic E-state index is -4.18. The molecule has 0 spiro atoms. The smallest absolute Gasteiger partial charge is 0.338 e. The van der Waals surface area contributed by atoms with E-state index in [0.29, 0.717) is 16.3 Å². The van der Waals surface area contributed by atoms with Crippen molar-refractivity contribution in [2.45, 2.75) is 11.8 Å². The Bertz CT molecular complexity index is 1440. The summed E-state index contributed by atoms with van der Waals surface area (Å²) in [5.41, 5.74) is 0.568. The van der Waals surface area contributed by atoms with Gasteiger partial charge in [-0.1, -0.05) is 40.9 Å². The molecule has 3 aromatic rings. The van der Waals surface area contributed by atoms with Crippen molar-refractivity contribution in [1.82, 2.24) is 0 Å². The van der Waals surface area contributed by atoms with Crippen LogP contribution in [0, 0.1) is 6.92 Å². The Hall–Kier alpha value is -2.98. The third-order valence-corrected chi connectivity index (χ3v) is 7.24. The number of hydrogen-bond donors (Lipinski definition) is 1. The van der Waals surface area contributed by atoms with Crippen LogP contribution in [0.25, 0.3) is 0 Å². The second kappa shape index (κ2) is 11.4. The first-order chi connectivity index (χ1) is 17.0. The lowest BCUT2D eigenvalue weighted by Gasteiger charge is -2.15. The van der Waals surface area contributed by atoms with Gasteiger partial charge in [0.1, 0.15) is 11.5 Å². The first-order valence-electron chi connectivity index (χ1n) is 10.2. The molecule has 0 fully saturated rings. The van der Waals surface area contributed by atoms with Crippen molar-refractivity contribution >= 4 is 62.3 Å². The van der Waals surface area contributed by atoms with Crippen LogP contribution in [0.1, 0.15) is 26.3 Å². The summed E-state index contributed by atoms with van der Waals surface area (Å²) in [5.74, 6) is -0.987. The number of ketones is 1. The summed E-state index contributed by atoms with van der Waals surface area (Å²) in [7, 11) is -1.41. The summed E-state index contributed by atoms with van der Waals surface area (Å²) in [6, 6.07) is 11.0. The van der Waals surface area contributed by atoms with Crippen LogP contribution in [-0.2, 0) is 14.8 Å². The maximum Gasteiger partial charge on any atom is 0.338 e. The predicted molar refractivity (Wildman–Crippen MR) is 138 cm³/mol. The molecule has 0 aromatic heterocycles. The fourth-order valence-corrected chi connectivity index (χ4v) is 4.85. The Kier molecular flexibility index (Phi) is 8.73. The van der Waals surface area contributed by atoms with E-state index in [1.54, 1.807) is 6.92 Å². The van der Waals surface area contributed by atoms with Crippen molar-refractivity contribution in [1.29, 1.82) is 0 Å². The Balaban J connectivity index is 1.83. The molecule has 3 aromatic carbocycles. The van der Waals surface area contributed by atoms with E-state index in [9.17, 15) is 18.0 Å². The van der Waals surface area contributed by atoms with Gasteiger partial charge in [-0.25, -0.2) is 13.2 Å². The van der Waals surface area contributed by atoms with Crippen molar-refractivity contribution in [3.8, 4) is 11.5 Å². The van der Waals surface area contributed by atoms with Crippen molar-refractivity contribution < 1.29 is 32.2 Å². The highest BCUT2D eigenvalue weighted by Gasteiger charge is 2.22. The van der Waals surface area contributed by atoms with Gasteiger partial charge in [0, 0.05) is 16.7 Å². The van der Waals surface area contributed by atoms with E-state index in [-0.39, 0.29) is 37.5 Å². The van der Waals surface area contributed by atoms with Crippen molar-refractivity contribution in [3.63, 3.8) is 0 Å². The Labute approximate surface area is 223 Å². The number of halogens is 3. The van der Waals surface area contributed by atoms with Crippen LogP contribution in [0.4, 0.5) is 5.69 Å². The number of methoxy groups -OCH3 is 2. The van der Waals surface area contributed by atoms with E-state index in [4.69, 9.17) is 49.0 Å². The lowest BCUT2D eigenvalue weighted by molar-refractivity contribution is 0.0473. The molecule has 0 amide bonds. The van der Waals surface area contributed by atoms with Gasteiger partial charge in [0.2, 0.25) is 5.78 Å². The molecule has 0 aliphatic heterocycles. The fourth-order valence-electron chi connectivity index (χ4n) is 3.13. The summed E-state index contributed by atoms with van der Waals surface area (Å²) >= 11 is 18.0. The highest BCUT2D eigenvalue weighted by molar-refractivity contribution is 7.92. The molecule has 36 heavy (non-hydrogen) atoms. The number of ether oxygens (including phenoxy) is 3. The number of Topliss-reactive ketones (excluding diaryl/α,β-unsaturated/α-hetero) is 1. The molecule has 0 aliphatic rings. The Morgan fingerprint density at radius 1 is 0.861 bits per heavy atom. The van der Waals surface area contributed by atoms with Crippen LogP contribution in [0.3, 0.4) is 0 Å². The van der Waals surface area contributed by atoms with Gasteiger partial charge in [-0.15, -0.1) is 0 Å². The zero-order valence-electron chi connectivity index (χ0n) is 19.2. The molecule has 1 N–H and O–H groups in total.